The van der Waals surface area contributed by atoms with Crippen molar-refractivity contribution in [3.63, 3.8) is 0 Å². The summed E-state index contributed by atoms with van der Waals surface area (Å²) in [5.41, 5.74) is 1.11. The molecule has 0 aliphatic carbocycles. The van der Waals surface area contributed by atoms with Gasteiger partial charge >= 0.3 is 0 Å². The van der Waals surface area contributed by atoms with Crippen LogP contribution in [0.3, 0.4) is 0 Å². The molecule has 0 radical (unpaired) electrons. The first kappa shape index (κ1) is 27.7. The predicted molar refractivity (Wildman–Crippen MR) is 151 cm³/mol. The van der Waals surface area contributed by atoms with Gasteiger partial charge in [-0.25, -0.2) is 4.99 Å². The summed E-state index contributed by atoms with van der Waals surface area (Å²) in [5, 5.41) is 12.9. The number of nitrogens with zero attached hydrogens (tertiary/aromatic N) is 1. The molecule has 0 saturated carbocycles. The van der Waals surface area contributed by atoms with Crippen molar-refractivity contribution in [2.75, 3.05) is 19.8 Å². The summed E-state index contributed by atoms with van der Waals surface area (Å²) in [6.07, 6.45) is 2.33. The van der Waals surface area contributed by atoms with Gasteiger partial charge in [-0.05, 0) is 48.4 Å². The standard InChI is InChI=1S/C30H30Cl2N2O4/c1-2-16-30(29(36)33-17-15-21-7-4-3-5-8-21)27(25-14-11-23(31)20-26(25)32)38-28(34-30)22-9-12-24(13-10-22)37-19-6-18-35/h2-5,7-14,20,27,35H,1,6,15-19H2,(H,33,36)/t27-,30-/m1/s1. The van der Waals surface area contributed by atoms with Crippen LogP contribution < -0.4 is 10.1 Å². The van der Waals surface area contributed by atoms with Crippen molar-refractivity contribution in [1.82, 2.24) is 5.32 Å². The maximum atomic E-state index is 13.8. The zero-order valence-electron chi connectivity index (χ0n) is 20.9. The number of aliphatic imine (C=N–C) groups is 1. The summed E-state index contributed by atoms with van der Waals surface area (Å²) >= 11 is 12.7. The smallest absolute Gasteiger partial charge is 0.252 e. The Labute approximate surface area is 232 Å². The van der Waals surface area contributed by atoms with E-state index in [-0.39, 0.29) is 18.9 Å². The molecule has 3 aromatic carbocycles. The van der Waals surface area contributed by atoms with Crippen LogP contribution in [0, 0.1) is 0 Å². The van der Waals surface area contributed by atoms with E-state index in [2.05, 4.69) is 11.9 Å². The maximum absolute atomic E-state index is 13.8. The minimum atomic E-state index is -1.32. The van der Waals surface area contributed by atoms with Crippen LogP contribution in [-0.2, 0) is 16.0 Å². The van der Waals surface area contributed by atoms with Crippen LogP contribution in [0.2, 0.25) is 10.0 Å². The van der Waals surface area contributed by atoms with Gasteiger partial charge in [0, 0.05) is 47.2 Å². The fourth-order valence-electron chi connectivity index (χ4n) is 4.34. The van der Waals surface area contributed by atoms with Gasteiger partial charge in [0.15, 0.2) is 11.6 Å². The zero-order chi connectivity index (χ0) is 27.0. The second-order valence-corrected chi connectivity index (χ2v) is 9.78. The molecule has 0 bridgehead atoms. The highest BCUT2D eigenvalue weighted by molar-refractivity contribution is 6.35. The third kappa shape index (κ3) is 6.38. The molecule has 2 N–H and O–H groups in total. The molecule has 0 fully saturated rings. The van der Waals surface area contributed by atoms with Crippen LogP contribution >= 0.6 is 23.2 Å². The second-order valence-electron chi connectivity index (χ2n) is 8.94. The van der Waals surface area contributed by atoms with E-state index >= 15 is 0 Å². The number of ether oxygens (including phenoxy) is 2. The molecule has 8 heteroatoms. The van der Waals surface area contributed by atoms with Crippen LogP contribution in [0.4, 0.5) is 0 Å². The van der Waals surface area contributed by atoms with Crippen LogP contribution in [-0.4, -0.2) is 42.2 Å². The fourth-order valence-corrected chi connectivity index (χ4v) is 4.85. The summed E-state index contributed by atoms with van der Waals surface area (Å²) in [6.45, 7) is 4.81. The van der Waals surface area contributed by atoms with Crippen LogP contribution in [0.25, 0.3) is 0 Å². The average molecular weight is 553 g/mol. The van der Waals surface area contributed by atoms with Gasteiger partial charge in [-0.15, -0.1) is 6.58 Å². The number of hydrogen-bond donors (Lipinski definition) is 2. The maximum Gasteiger partial charge on any atom is 0.252 e. The Morgan fingerprint density at radius 2 is 1.89 bits per heavy atom. The van der Waals surface area contributed by atoms with Gasteiger partial charge in [-0.2, -0.15) is 0 Å². The van der Waals surface area contributed by atoms with Gasteiger partial charge in [0.2, 0.25) is 5.90 Å². The van der Waals surface area contributed by atoms with Crippen LogP contribution in [0.15, 0.2) is 90.4 Å². The number of halogens is 2. The Balaban J connectivity index is 1.65. The lowest BCUT2D eigenvalue weighted by Gasteiger charge is -2.30. The highest BCUT2D eigenvalue weighted by atomic mass is 35.5. The molecule has 0 spiro atoms. The first-order valence-corrected chi connectivity index (χ1v) is 13.2. The monoisotopic (exact) mass is 552 g/mol. The number of amides is 1. The van der Waals surface area contributed by atoms with E-state index in [9.17, 15) is 4.79 Å². The minimum absolute atomic E-state index is 0.0656. The molecule has 1 aliphatic rings. The number of benzene rings is 3. The first-order valence-electron chi connectivity index (χ1n) is 12.5. The lowest BCUT2D eigenvalue weighted by Crippen LogP contribution is -2.48. The van der Waals surface area contributed by atoms with E-state index in [1.54, 1.807) is 36.4 Å². The number of nitrogens with one attached hydrogen (secondary N) is 1. The number of aliphatic hydroxyl groups is 1. The van der Waals surface area contributed by atoms with Crippen LogP contribution in [0.5, 0.6) is 5.75 Å². The summed E-state index contributed by atoms with van der Waals surface area (Å²) in [6, 6.07) is 22.3. The van der Waals surface area contributed by atoms with E-state index in [0.717, 1.165) is 5.56 Å². The van der Waals surface area contributed by atoms with Gasteiger partial charge in [-0.1, -0.05) is 65.7 Å². The van der Waals surface area contributed by atoms with Crippen molar-refractivity contribution in [1.29, 1.82) is 0 Å². The van der Waals surface area contributed by atoms with E-state index in [0.29, 0.717) is 58.8 Å². The third-order valence-corrected chi connectivity index (χ3v) is 6.83. The van der Waals surface area contributed by atoms with E-state index in [1.807, 2.05) is 42.5 Å². The molecule has 1 amide bonds. The number of carbonyl (C=O) groups is 1. The van der Waals surface area contributed by atoms with Gasteiger partial charge < -0.3 is 19.9 Å². The molecule has 1 heterocycles. The van der Waals surface area contributed by atoms with E-state index in [1.165, 1.54) is 0 Å². The third-order valence-electron chi connectivity index (χ3n) is 6.27. The zero-order valence-corrected chi connectivity index (χ0v) is 22.4. The molecular formula is C30H30Cl2N2O4. The largest absolute Gasteiger partial charge is 0.494 e. The highest BCUT2D eigenvalue weighted by Crippen LogP contribution is 2.45. The molecule has 6 nitrogen and oxygen atoms in total. The molecule has 198 valence electrons. The Bertz CT molecular complexity index is 1280. The second kappa shape index (κ2) is 13.0. The Morgan fingerprint density at radius 1 is 1.13 bits per heavy atom. The topological polar surface area (TPSA) is 80.2 Å². The van der Waals surface area contributed by atoms with Crippen molar-refractivity contribution in [3.05, 3.63) is 112 Å². The molecule has 0 aromatic heterocycles. The van der Waals surface area contributed by atoms with Crippen molar-refractivity contribution in [3.8, 4) is 5.75 Å². The van der Waals surface area contributed by atoms with E-state index < -0.39 is 11.6 Å². The number of hydrogen-bond acceptors (Lipinski definition) is 5. The van der Waals surface area contributed by atoms with Crippen molar-refractivity contribution >= 4 is 35.0 Å². The van der Waals surface area contributed by atoms with Crippen LogP contribution in [0.1, 0.15) is 35.6 Å². The Morgan fingerprint density at radius 3 is 2.58 bits per heavy atom. The highest BCUT2D eigenvalue weighted by Gasteiger charge is 2.53. The normalized spacial score (nSPS) is 18.4. The Kier molecular flexibility index (Phi) is 9.45. The summed E-state index contributed by atoms with van der Waals surface area (Å²) in [5.74, 6) is 0.709. The minimum Gasteiger partial charge on any atom is -0.494 e. The molecule has 0 unspecified atom stereocenters. The van der Waals surface area contributed by atoms with Crippen molar-refractivity contribution < 1.29 is 19.4 Å². The first-order chi connectivity index (χ1) is 18.5. The fraction of sp³-hybridized carbons (Fsp3) is 0.267. The van der Waals surface area contributed by atoms with Gasteiger partial charge in [0.25, 0.3) is 5.91 Å². The molecule has 1 aliphatic heterocycles. The number of carbonyl (C=O) groups excluding carboxylic acids is 1. The van der Waals surface area contributed by atoms with Gasteiger partial charge in [0.1, 0.15) is 5.75 Å². The summed E-state index contributed by atoms with van der Waals surface area (Å²) in [4.78, 5) is 18.7. The average Bonchev–Trinajstić information content (AvgIpc) is 3.30. The molecule has 3 aromatic rings. The van der Waals surface area contributed by atoms with E-state index in [4.69, 9.17) is 42.8 Å². The lowest BCUT2D eigenvalue weighted by atomic mass is 9.84. The molecule has 4 rings (SSSR count). The quantitative estimate of drug-likeness (QED) is 0.215. The number of rotatable bonds is 12. The van der Waals surface area contributed by atoms with Gasteiger partial charge in [-0.3, -0.25) is 4.79 Å². The summed E-state index contributed by atoms with van der Waals surface area (Å²) < 4.78 is 12.0. The Hall–Kier alpha value is -3.32. The SMILES string of the molecule is C=CC[C@@]1(C(=O)NCCc2ccccc2)N=C(c2ccc(OCCCO)cc2)O[C@@H]1c1ccc(Cl)cc1Cl. The van der Waals surface area contributed by atoms with Crippen molar-refractivity contribution in [2.24, 2.45) is 4.99 Å². The molecule has 0 saturated heterocycles. The lowest BCUT2D eigenvalue weighted by molar-refractivity contribution is -0.128. The molecular weight excluding hydrogens is 523 g/mol. The molecule has 2 atom stereocenters. The predicted octanol–water partition coefficient (Wildman–Crippen LogP) is 5.95. The summed E-state index contributed by atoms with van der Waals surface area (Å²) in [7, 11) is 0. The molecule has 38 heavy (non-hydrogen) atoms. The van der Waals surface area contributed by atoms with Crippen molar-refractivity contribution in [2.45, 2.75) is 30.9 Å². The van der Waals surface area contributed by atoms with Gasteiger partial charge in [0.05, 0.1) is 6.61 Å². The number of aliphatic hydroxyl groups excluding tert-OH is 1.